The van der Waals surface area contributed by atoms with Crippen LogP contribution in [0.1, 0.15) is 5.56 Å². The van der Waals surface area contributed by atoms with E-state index in [0.717, 1.165) is 5.56 Å². The van der Waals surface area contributed by atoms with Gasteiger partial charge in [-0.1, -0.05) is 0 Å². The van der Waals surface area contributed by atoms with E-state index in [1.807, 2.05) is 0 Å². The van der Waals surface area contributed by atoms with Crippen LogP contribution in [0.15, 0.2) is 31.6 Å². The highest BCUT2D eigenvalue weighted by molar-refractivity contribution is 5.93. The van der Waals surface area contributed by atoms with Gasteiger partial charge in [0.05, 0.1) is 5.52 Å². The van der Waals surface area contributed by atoms with Gasteiger partial charge in [0.15, 0.2) is 5.65 Å². The van der Waals surface area contributed by atoms with Crippen LogP contribution in [0, 0.1) is 12.7 Å². The lowest BCUT2D eigenvalue weighted by atomic mass is 10.1. The van der Waals surface area contributed by atoms with Crippen molar-refractivity contribution in [2.75, 3.05) is 5.73 Å². The van der Waals surface area contributed by atoms with Crippen molar-refractivity contribution in [3.63, 3.8) is 0 Å². The van der Waals surface area contributed by atoms with E-state index < -0.39 is 0 Å². The van der Waals surface area contributed by atoms with Crippen molar-refractivity contribution < 1.29 is 4.39 Å². The number of aryl methyl sites for hydroxylation is 1. The van der Waals surface area contributed by atoms with Gasteiger partial charge < -0.3 is 5.73 Å². The van der Waals surface area contributed by atoms with E-state index in [1.54, 1.807) is 6.92 Å². The number of benzene rings is 1. The normalized spacial score (nSPS) is 10.3. The third kappa shape index (κ3) is 1.67. The molecule has 0 unspecified atom stereocenters. The number of nitrogens with two attached hydrogens (primary N) is 1. The van der Waals surface area contributed by atoms with Crippen LogP contribution in [0.25, 0.3) is 16.6 Å². The van der Waals surface area contributed by atoms with Crippen LogP contribution in [0.2, 0.25) is 0 Å². The monoisotopic (exact) mass is 245 g/mol. The average Bonchev–Trinajstić information content (AvgIpc) is 2.83. The number of aromatic nitrogens is 4. The Morgan fingerprint density at radius 2 is 2.06 bits per heavy atom. The fraction of sp³-hybridized carbons (Fsp3) is 0.0833. The number of nitrogens with zero attached hydrogens (tertiary/aromatic N) is 4. The molecule has 0 atom stereocenters. The van der Waals surface area contributed by atoms with Gasteiger partial charge in [-0.05, 0) is 24.6 Å². The second kappa shape index (κ2) is 4.40. The highest BCUT2D eigenvalue weighted by atomic mass is 19.1. The summed E-state index contributed by atoms with van der Waals surface area (Å²) in [5.74, 6) is -0.0730. The van der Waals surface area contributed by atoms with Gasteiger partial charge in [0.25, 0.3) is 0 Å². The summed E-state index contributed by atoms with van der Waals surface area (Å²) in [7, 11) is 0. The molecule has 2 aromatic heterocycles. The molecule has 0 saturated carbocycles. The zero-order valence-corrected chi connectivity index (χ0v) is 9.89. The smallest absolute Gasteiger partial charge is 0.223 e. The van der Waals surface area contributed by atoms with Crippen molar-refractivity contribution in [2.24, 2.45) is 0 Å². The minimum atomic E-state index is -0.318. The Morgan fingerprint density at radius 3 is 2.78 bits per heavy atom. The Hall–Kier alpha value is -2.50. The number of nitrogen functional groups attached to an aromatic ring is 1. The number of hydrogen-bond donors (Lipinski definition) is 1. The molecule has 92 valence electrons. The molecular formula is C12H12FN5. The molecule has 0 aliphatic heterocycles. The molecule has 0 radical (unpaired) electrons. The van der Waals surface area contributed by atoms with Crippen molar-refractivity contribution in [2.45, 2.75) is 6.92 Å². The van der Waals surface area contributed by atoms with Crippen LogP contribution in [0.4, 0.5) is 10.3 Å². The van der Waals surface area contributed by atoms with Crippen LogP contribution in [0.3, 0.4) is 0 Å². The molecule has 3 aromatic rings. The number of hydrogen-bond acceptors (Lipinski definition) is 4. The van der Waals surface area contributed by atoms with E-state index in [2.05, 4.69) is 28.2 Å². The summed E-state index contributed by atoms with van der Waals surface area (Å²) in [5, 5.41) is 4.54. The maximum Gasteiger partial charge on any atom is 0.223 e. The predicted octanol–water partition coefficient (Wildman–Crippen LogP) is 2.11. The first kappa shape index (κ1) is 12.0. The van der Waals surface area contributed by atoms with Gasteiger partial charge in [0, 0.05) is 5.39 Å². The zero-order chi connectivity index (χ0) is 13.3. The Labute approximate surface area is 103 Å². The standard InChI is InChI=1S/C10H8FN5.C2H4/c1-5-2-6(11)3-7-8(5)15-10(12)16-9(7)13-4-14-16;1-2/h2-4H,1H3,(H2,12,15);1-2H2. The summed E-state index contributed by atoms with van der Waals surface area (Å²) in [6, 6.07) is 2.81. The van der Waals surface area contributed by atoms with Crippen molar-refractivity contribution in [3.05, 3.63) is 43.0 Å². The van der Waals surface area contributed by atoms with E-state index in [1.165, 1.54) is 23.0 Å². The first-order valence-electron chi connectivity index (χ1n) is 5.22. The second-order valence-corrected chi connectivity index (χ2v) is 3.58. The molecule has 0 saturated heterocycles. The third-order valence-electron chi connectivity index (χ3n) is 2.50. The number of halogens is 1. The molecule has 3 rings (SSSR count). The summed E-state index contributed by atoms with van der Waals surface area (Å²) in [5.41, 5.74) is 7.63. The third-order valence-corrected chi connectivity index (χ3v) is 2.50. The molecule has 2 heterocycles. The highest BCUT2D eigenvalue weighted by Gasteiger charge is 2.10. The van der Waals surface area contributed by atoms with Crippen molar-refractivity contribution in [1.82, 2.24) is 19.6 Å². The molecule has 1 aromatic carbocycles. The van der Waals surface area contributed by atoms with Crippen LogP contribution in [-0.4, -0.2) is 19.6 Å². The second-order valence-electron chi connectivity index (χ2n) is 3.58. The van der Waals surface area contributed by atoms with Crippen LogP contribution in [-0.2, 0) is 0 Å². The van der Waals surface area contributed by atoms with Gasteiger partial charge in [-0.25, -0.2) is 14.4 Å². The summed E-state index contributed by atoms with van der Waals surface area (Å²) in [4.78, 5) is 8.24. The molecule has 0 bridgehead atoms. The van der Waals surface area contributed by atoms with E-state index >= 15 is 0 Å². The van der Waals surface area contributed by atoms with Gasteiger partial charge in [-0.15, -0.1) is 13.2 Å². The van der Waals surface area contributed by atoms with Crippen molar-refractivity contribution in [1.29, 1.82) is 0 Å². The molecule has 0 fully saturated rings. The summed E-state index contributed by atoms with van der Waals surface area (Å²) in [6.07, 6.45) is 1.37. The first-order chi connectivity index (χ1) is 8.66. The van der Waals surface area contributed by atoms with Crippen LogP contribution < -0.4 is 5.73 Å². The lowest BCUT2D eigenvalue weighted by Crippen LogP contribution is -2.03. The van der Waals surface area contributed by atoms with Gasteiger partial charge in [0.1, 0.15) is 12.1 Å². The van der Waals surface area contributed by atoms with E-state index in [0.29, 0.717) is 16.6 Å². The maximum atomic E-state index is 13.3. The first-order valence-corrected chi connectivity index (χ1v) is 5.22. The summed E-state index contributed by atoms with van der Waals surface area (Å²) < 4.78 is 14.7. The number of rotatable bonds is 0. The molecule has 6 heteroatoms. The van der Waals surface area contributed by atoms with E-state index in [4.69, 9.17) is 5.73 Å². The van der Waals surface area contributed by atoms with Gasteiger partial charge in [0.2, 0.25) is 5.95 Å². The zero-order valence-electron chi connectivity index (χ0n) is 9.89. The lowest BCUT2D eigenvalue weighted by Gasteiger charge is -2.05. The van der Waals surface area contributed by atoms with E-state index in [9.17, 15) is 4.39 Å². The molecule has 0 spiro atoms. The summed E-state index contributed by atoms with van der Waals surface area (Å²) in [6.45, 7) is 7.78. The minimum Gasteiger partial charge on any atom is -0.368 e. The average molecular weight is 245 g/mol. The Bertz CT molecular complexity index is 719. The molecular weight excluding hydrogens is 233 g/mol. The van der Waals surface area contributed by atoms with Gasteiger partial charge >= 0.3 is 0 Å². The summed E-state index contributed by atoms with van der Waals surface area (Å²) >= 11 is 0. The predicted molar refractivity (Wildman–Crippen MR) is 68.6 cm³/mol. The minimum absolute atomic E-state index is 0.245. The Balaban J connectivity index is 0.000000574. The molecule has 0 aliphatic rings. The van der Waals surface area contributed by atoms with E-state index in [-0.39, 0.29) is 11.8 Å². The molecule has 18 heavy (non-hydrogen) atoms. The number of fused-ring (bicyclic) bond motifs is 3. The highest BCUT2D eigenvalue weighted by Crippen LogP contribution is 2.22. The largest absolute Gasteiger partial charge is 0.368 e. The van der Waals surface area contributed by atoms with Crippen molar-refractivity contribution in [3.8, 4) is 0 Å². The number of anilines is 1. The van der Waals surface area contributed by atoms with Crippen LogP contribution >= 0.6 is 0 Å². The molecule has 0 aliphatic carbocycles. The fourth-order valence-electron chi connectivity index (χ4n) is 1.81. The molecule has 2 N–H and O–H groups in total. The quantitative estimate of drug-likeness (QED) is 0.616. The molecule has 5 nitrogen and oxygen atoms in total. The SMILES string of the molecule is C=C.Cc1cc(F)cc2c1nc(N)n1ncnc21. The maximum absolute atomic E-state index is 13.3. The van der Waals surface area contributed by atoms with Crippen molar-refractivity contribution >= 4 is 22.5 Å². The fourth-order valence-corrected chi connectivity index (χ4v) is 1.81. The Morgan fingerprint density at radius 1 is 1.33 bits per heavy atom. The lowest BCUT2D eigenvalue weighted by molar-refractivity contribution is 0.628. The topological polar surface area (TPSA) is 69.1 Å². The molecule has 0 amide bonds. The Kier molecular flexibility index (Phi) is 2.93. The van der Waals surface area contributed by atoms with Crippen LogP contribution in [0.5, 0.6) is 0 Å². The van der Waals surface area contributed by atoms with Gasteiger partial charge in [-0.2, -0.15) is 9.61 Å². The van der Waals surface area contributed by atoms with Gasteiger partial charge in [-0.3, -0.25) is 0 Å².